The van der Waals surface area contributed by atoms with E-state index in [1.807, 2.05) is 24.3 Å². The van der Waals surface area contributed by atoms with Crippen LogP contribution in [0.1, 0.15) is 45.1 Å². The summed E-state index contributed by atoms with van der Waals surface area (Å²) >= 11 is 0. The van der Waals surface area contributed by atoms with Gasteiger partial charge in [-0.3, -0.25) is 4.79 Å². The third-order valence-electron chi connectivity index (χ3n) is 3.90. The maximum atomic E-state index is 12.1. The molecular formula is C18H25NO2. The Hall–Kier alpha value is -1.77. The van der Waals surface area contributed by atoms with Gasteiger partial charge in [0, 0.05) is 6.54 Å². The average molecular weight is 287 g/mol. The Morgan fingerprint density at radius 2 is 2.14 bits per heavy atom. The van der Waals surface area contributed by atoms with Crippen molar-refractivity contribution in [3.05, 3.63) is 41.5 Å². The second-order valence-electron chi connectivity index (χ2n) is 5.55. The van der Waals surface area contributed by atoms with E-state index in [4.69, 9.17) is 4.74 Å². The van der Waals surface area contributed by atoms with Gasteiger partial charge in [-0.25, -0.2) is 0 Å². The Kier molecular flexibility index (Phi) is 5.85. The quantitative estimate of drug-likeness (QED) is 0.811. The Labute approximate surface area is 127 Å². The van der Waals surface area contributed by atoms with Crippen molar-refractivity contribution < 1.29 is 9.53 Å². The fourth-order valence-corrected chi connectivity index (χ4v) is 2.56. The average Bonchev–Trinajstić information content (AvgIpc) is 2.54. The predicted octanol–water partition coefficient (Wildman–Crippen LogP) is 3.63. The van der Waals surface area contributed by atoms with E-state index in [2.05, 4.69) is 18.3 Å². The van der Waals surface area contributed by atoms with E-state index in [9.17, 15) is 4.79 Å². The number of nitrogens with one attached hydrogen (secondary N) is 1. The second kappa shape index (κ2) is 7.87. The van der Waals surface area contributed by atoms with Crippen LogP contribution in [0.15, 0.2) is 35.9 Å². The molecule has 0 saturated carbocycles. The highest BCUT2D eigenvalue weighted by Gasteiger charge is 2.16. The highest BCUT2D eigenvalue weighted by Crippen LogP contribution is 2.20. The van der Waals surface area contributed by atoms with Gasteiger partial charge in [-0.15, -0.1) is 0 Å². The summed E-state index contributed by atoms with van der Waals surface area (Å²) in [5, 5.41) is 2.98. The third-order valence-corrected chi connectivity index (χ3v) is 3.90. The summed E-state index contributed by atoms with van der Waals surface area (Å²) in [5.41, 5.74) is 2.47. The molecule has 0 bridgehead atoms. The van der Waals surface area contributed by atoms with Gasteiger partial charge in [-0.1, -0.05) is 36.8 Å². The lowest BCUT2D eigenvalue weighted by Crippen LogP contribution is -2.37. The number of rotatable bonds is 6. The number of amides is 1. The minimum Gasteiger partial charge on any atom is -0.481 e. The lowest BCUT2D eigenvalue weighted by Gasteiger charge is -2.18. The van der Waals surface area contributed by atoms with Gasteiger partial charge in [-0.2, -0.15) is 0 Å². The first-order valence-corrected chi connectivity index (χ1v) is 7.91. The Bertz CT molecular complexity index is 508. The van der Waals surface area contributed by atoms with E-state index >= 15 is 0 Å². The topological polar surface area (TPSA) is 38.3 Å². The molecule has 0 fully saturated rings. The lowest BCUT2D eigenvalue weighted by atomic mass is 10.00. The smallest absolute Gasteiger partial charge is 0.261 e. The van der Waals surface area contributed by atoms with E-state index in [1.165, 1.54) is 18.4 Å². The van der Waals surface area contributed by atoms with Gasteiger partial charge in [0.1, 0.15) is 5.75 Å². The van der Waals surface area contributed by atoms with Gasteiger partial charge < -0.3 is 10.1 Å². The number of ether oxygens (including phenoxy) is 1. The number of carbonyl (C=O) groups excluding carboxylic acids is 1. The number of benzene rings is 1. The summed E-state index contributed by atoms with van der Waals surface area (Å²) < 4.78 is 5.81. The molecule has 1 aromatic carbocycles. The minimum absolute atomic E-state index is 0.0487. The Balaban J connectivity index is 1.86. The molecule has 0 unspecified atom stereocenters. The van der Waals surface area contributed by atoms with E-state index in [-0.39, 0.29) is 5.91 Å². The molecule has 3 nitrogen and oxygen atoms in total. The van der Waals surface area contributed by atoms with Crippen LogP contribution in [0.5, 0.6) is 5.75 Å². The molecule has 0 aromatic heterocycles. The molecule has 1 N–H and O–H groups in total. The van der Waals surface area contributed by atoms with E-state index in [1.54, 1.807) is 6.92 Å². The van der Waals surface area contributed by atoms with Crippen LogP contribution in [0.25, 0.3) is 0 Å². The van der Waals surface area contributed by atoms with Crippen LogP contribution in [-0.2, 0) is 11.2 Å². The van der Waals surface area contributed by atoms with Crippen molar-refractivity contribution in [1.29, 1.82) is 0 Å². The highest BCUT2D eigenvalue weighted by atomic mass is 16.5. The number of allylic oxidation sites excluding steroid dienone is 1. The van der Waals surface area contributed by atoms with Gasteiger partial charge in [0.15, 0.2) is 6.10 Å². The van der Waals surface area contributed by atoms with Gasteiger partial charge >= 0.3 is 0 Å². The molecule has 0 spiro atoms. The molecule has 1 aliphatic rings. The van der Waals surface area contributed by atoms with Gasteiger partial charge in [-0.05, 0) is 50.7 Å². The van der Waals surface area contributed by atoms with Crippen LogP contribution < -0.4 is 10.1 Å². The summed E-state index contributed by atoms with van der Waals surface area (Å²) in [6.45, 7) is 4.54. The molecule has 114 valence electrons. The van der Waals surface area contributed by atoms with Crippen LogP contribution in [0.4, 0.5) is 0 Å². The third kappa shape index (κ3) is 4.62. The maximum absolute atomic E-state index is 12.1. The largest absolute Gasteiger partial charge is 0.481 e. The van der Waals surface area contributed by atoms with E-state index in [0.29, 0.717) is 6.54 Å². The molecular weight excluding hydrogens is 262 g/mol. The van der Waals surface area contributed by atoms with Gasteiger partial charge in [0.2, 0.25) is 0 Å². The molecule has 0 heterocycles. The van der Waals surface area contributed by atoms with Gasteiger partial charge in [0.25, 0.3) is 5.91 Å². The molecule has 1 amide bonds. The monoisotopic (exact) mass is 287 g/mol. The number of hydrogen-bond donors (Lipinski definition) is 1. The second-order valence-corrected chi connectivity index (χ2v) is 5.55. The number of aryl methyl sites for hydroxylation is 1. The minimum atomic E-state index is -0.470. The number of para-hydroxylation sites is 1. The van der Waals surface area contributed by atoms with Crippen molar-refractivity contribution in [2.24, 2.45) is 0 Å². The molecule has 21 heavy (non-hydrogen) atoms. The van der Waals surface area contributed by atoms with Crippen molar-refractivity contribution in [3.8, 4) is 5.75 Å². The first-order valence-electron chi connectivity index (χ1n) is 7.91. The summed E-state index contributed by atoms with van der Waals surface area (Å²) in [6.07, 6.45) is 7.43. The SMILES string of the molecule is CCc1ccccc1O[C@@H](C)C(=O)NCC1=CCCCC1. The van der Waals surface area contributed by atoms with Crippen LogP contribution in [0.2, 0.25) is 0 Å². The van der Waals surface area contributed by atoms with Crippen molar-refractivity contribution in [2.45, 2.75) is 52.1 Å². The fraction of sp³-hybridized carbons (Fsp3) is 0.500. The Morgan fingerprint density at radius 1 is 1.33 bits per heavy atom. The molecule has 0 aliphatic heterocycles. The van der Waals surface area contributed by atoms with Crippen molar-refractivity contribution >= 4 is 5.91 Å². The zero-order chi connectivity index (χ0) is 15.1. The molecule has 0 radical (unpaired) electrons. The molecule has 1 aromatic rings. The zero-order valence-corrected chi connectivity index (χ0v) is 13.0. The molecule has 0 saturated heterocycles. The normalized spacial score (nSPS) is 16.0. The predicted molar refractivity (Wildman–Crippen MR) is 85.5 cm³/mol. The zero-order valence-electron chi connectivity index (χ0n) is 13.0. The summed E-state index contributed by atoms with van der Waals surface area (Å²) in [5.74, 6) is 0.756. The number of carbonyl (C=O) groups is 1. The van der Waals surface area contributed by atoms with E-state index in [0.717, 1.165) is 30.6 Å². The van der Waals surface area contributed by atoms with Crippen LogP contribution in [0.3, 0.4) is 0 Å². The van der Waals surface area contributed by atoms with Gasteiger partial charge in [0.05, 0.1) is 0 Å². The summed E-state index contributed by atoms with van der Waals surface area (Å²) in [4.78, 5) is 12.1. The summed E-state index contributed by atoms with van der Waals surface area (Å²) in [7, 11) is 0. The molecule has 1 aliphatic carbocycles. The fourth-order valence-electron chi connectivity index (χ4n) is 2.56. The first-order chi connectivity index (χ1) is 10.2. The summed E-state index contributed by atoms with van der Waals surface area (Å²) in [6, 6.07) is 7.89. The van der Waals surface area contributed by atoms with Crippen LogP contribution in [-0.4, -0.2) is 18.6 Å². The molecule has 3 heteroatoms. The number of hydrogen-bond acceptors (Lipinski definition) is 2. The van der Waals surface area contributed by atoms with Crippen molar-refractivity contribution in [1.82, 2.24) is 5.32 Å². The van der Waals surface area contributed by atoms with Crippen molar-refractivity contribution in [3.63, 3.8) is 0 Å². The maximum Gasteiger partial charge on any atom is 0.261 e. The van der Waals surface area contributed by atoms with Crippen molar-refractivity contribution in [2.75, 3.05) is 6.54 Å². The van der Waals surface area contributed by atoms with Crippen LogP contribution in [0, 0.1) is 0 Å². The molecule has 1 atom stereocenters. The highest BCUT2D eigenvalue weighted by molar-refractivity contribution is 5.81. The molecule has 2 rings (SSSR count). The van der Waals surface area contributed by atoms with E-state index < -0.39 is 6.10 Å². The first kappa shape index (κ1) is 15.6. The Morgan fingerprint density at radius 3 is 2.86 bits per heavy atom. The van der Waals surface area contributed by atoms with Crippen LogP contribution >= 0.6 is 0 Å². The lowest BCUT2D eigenvalue weighted by molar-refractivity contribution is -0.127. The standard InChI is InChI=1S/C18H25NO2/c1-3-16-11-7-8-12-17(16)21-14(2)18(20)19-13-15-9-5-4-6-10-15/h7-9,11-12,14H,3-6,10,13H2,1-2H3,(H,19,20)/t14-/m0/s1.